The van der Waals surface area contributed by atoms with Crippen molar-refractivity contribution in [3.63, 3.8) is 0 Å². The van der Waals surface area contributed by atoms with Crippen molar-refractivity contribution < 1.29 is 32.2 Å². The van der Waals surface area contributed by atoms with Crippen molar-refractivity contribution in [1.82, 2.24) is 30.0 Å². The van der Waals surface area contributed by atoms with Crippen molar-refractivity contribution in [3.8, 4) is 17.4 Å². The van der Waals surface area contributed by atoms with E-state index in [1.165, 1.54) is 25.6 Å². The number of carbonyl (C=O) groups is 2. The number of halogens is 3. The van der Waals surface area contributed by atoms with Gasteiger partial charge in [-0.1, -0.05) is 0 Å². The molecule has 2 aromatic carbocycles. The Bertz CT molecular complexity index is 1760. The van der Waals surface area contributed by atoms with Crippen LogP contribution in [0.4, 0.5) is 30.4 Å². The summed E-state index contributed by atoms with van der Waals surface area (Å²) in [5.74, 6) is -1.93. The average Bonchev–Trinajstić information content (AvgIpc) is 3.56. The van der Waals surface area contributed by atoms with E-state index < -0.39 is 29.2 Å². The minimum Gasteiger partial charge on any atom is -0.494 e. The molecule has 15 heteroatoms. The molecule has 250 valence electrons. The molecule has 1 fully saturated rings. The maximum absolute atomic E-state index is 15.2. The number of alkyl halides is 1. The Morgan fingerprint density at radius 1 is 1.06 bits per heavy atom. The third-order valence-corrected chi connectivity index (χ3v) is 7.24. The second kappa shape index (κ2) is 14.2. The third-order valence-electron chi connectivity index (χ3n) is 7.24. The molecule has 5 rings (SSSR count). The van der Waals surface area contributed by atoms with E-state index in [-0.39, 0.29) is 42.0 Å². The van der Waals surface area contributed by atoms with Crippen LogP contribution in [0.5, 0.6) is 17.4 Å². The minimum atomic E-state index is -0.816. The molecule has 47 heavy (non-hydrogen) atoms. The lowest BCUT2D eigenvalue weighted by Crippen LogP contribution is -2.42. The van der Waals surface area contributed by atoms with Gasteiger partial charge in [0.05, 0.1) is 30.2 Å². The summed E-state index contributed by atoms with van der Waals surface area (Å²) >= 11 is 0. The first-order valence-corrected chi connectivity index (χ1v) is 15.1. The maximum Gasteiger partial charge on any atom is 0.274 e. The zero-order valence-electron chi connectivity index (χ0n) is 26.6. The second-order valence-corrected chi connectivity index (χ2v) is 12.3. The molecule has 2 amide bonds. The first kappa shape index (κ1) is 33.4. The van der Waals surface area contributed by atoms with Crippen molar-refractivity contribution in [1.29, 1.82) is 0 Å². The smallest absolute Gasteiger partial charge is 0.274 e. The van der Waals surface area contributed by atoms with Gasteiger partial charge in [0.2, 0.25) is 17.6 Å². The van der Waals surface area contributed by atoms with Gasteiger partial charge in [0, 0.05) is 42.6 Å². The second-order valence-electron chi connectivity index (χ2n) is 12.3. The fourth-order valence-corrected chi connectivity index (χ4v) is 5.15. The van der Waals surface area contributed by atoms with Crippen molar-refractivity contribution in [3.05, 3.63) is 54.5 Å². The molecule has 1 aliphatic heterocycles. The normalized spacial score (nSPS) is 15.1. The van der Waals surface area contributed by atoms with Crippen LogP contribution in [0, 0.1) is 11.6 Å². The predicted molar refractivity (Wildman–Crippen MR) is 170 cm³/mol. The molecule has 1 saturated heterocycles. The van der Waals surface area contributed by atoms with Crippen molar-refractivity contribution in [2.75, 3.05) is 37.4 Å². The molecule has 1 atom stereocenters. The Kier molecular flexibility index (Phi) is 10.1. The number of methoxy groups -OCH3 is 1. The van der Waals surface area contributed by atoms with Gasteiger partial charge in [0.1, 0.15) is 42.2 Å². The molecule has 1 aliphatic rings. The molecule has 2 aromatic heterocycles. The monoisotopic (exact) mass is 654 g/mol. The number of hydrogen-bond acceptors (Lipinski definition) is 9. The van der Waals surface area contributed by atoms with E-state index in [9.17, 15) is 18.4 Å². The van der Waals surface area contributed by atoms with Crippen LogP contribution < -0.4 is 25.4 Å². The summed E-state index contributed by atoms with van der Waals surface area (Å²) in [7, 11) is 1.47. The molecule has 3 heterocycles. The van der Waals surface area contributed by atoms with Gasteiger partial charge in [-0.25, -0.2) is 18.7 Å². The van der Waals surface area contributed by atoms with Gasteiger partial charge in [-0.3, -0.25) is 14.3 Å². The highest BCUT2D eigenvalue weighted by Gasteiger charge is 2.22. The Balaban J connectivity index is 1.26. The number of anilines is 3. The first-order valence-electron chi connectivity index (χ1n) is 15.1. The van der Waals surface area contributed by atoms with Crippen LogP contribution >= 0.6 is 0 Å². The largest absolute Gasteiger partial charge is 0.494 e. The number of nitrogens with zero attached hydrogens (tertiary/aromatic N) is 5. The number of benzene rings is 2. The van der Waals surface area contributed by atoms with E-state index in [0.717, 1.165) is 16.9 Å². The fourth-order valence-electron chi connectivity index (χ4n) is 5.15. The highest BCUT2D eigenvalue weighted by molar-refractivity contribution is 5.99. The lowest BCUT2D eigenvalue weighted by Gasteiger charge is -2.20. The summed E-state index contributed by atoms with van der Waals surface area (Å²) in [6.45, 7) is 6.96. The summed E-state index contributed by atoms with van der Waals surface area (Å²) in [6.07, 6.45) is 2.85. The lowest BCUT2D eigenvalue weighted by atomic mass is 10.1. The highest BCUT2D eigenvalue weighted by atomic mass is 19.1. The standard InChI is InChI=1S/C32H37F3N8O4/c1-32(2,3)40-29(45)17-43-16-23(35)31(41-43)47-20-7-8-24(22(34)12-20)39-30-21-13-26(27(46-4)14-25(21)36-18-37-30)38-28(44)6-5-10-42-11-9-19(33)15-42/h7-8,12-14,16,18-19H,5-6,9-11,15,17H2,1-4H3,(H,38,44)(H,40,45)(H,36,37,39). The van der Waals surface area contributed by atoms with E-state index in [1.807, 2.05) is 25.7 Å². The quantitative estimate of drug-likeness (QED) is 0.185. The number of likely N-dealkylation sites (tertiary alicyclic amines) is 1. The van der Waals surface area contributed by atoms with Crippen LogP contribution in [0.3, 0.4) is 0 Å². The predicted octanol–water partition coefficient (Wildman–Crippen LogP) is 5.33. The van der Waals surface area contributed by atoms with E-state index in [2.05, 4.69) is 31.0 Å². The van der Waals surface area contributed by atoms with Gasteiger partial charge in [-0.15, -0.1) is 5.10 Å². The van der Waals surface area contributed by atoms with Crippen molar-refractivity contribution in [2.24, 2.45) is 0 Å². The lowest BCUT2D eigenvalue weighted by molar-refractivity contribution is -0.123. The van der Waals surface area contributed by atoms with Crippen molar-refractivity contribution in [2.45, 2.75) is 58.3 Å². The molecule has 0 aliphatic carbocycles. The minimum absolute atomic E-state index is 0.0205. The van der Waals surface area contributed by atoms with Gasteiger partial charge in [0.15, 0.2) is 0 Å². The topological polar surface area (TPSA) is 136 Å². The van der Waals surface area contributed by atoms with Gasteiger partial charge < -0.3 is 30.3 Å². The van der Waals surface area contributed by atoms with E-state index in [1.54, 1.807) is 12.1 Å². The molecule has 3 N–H and O–H groups in total. The zero-order valence-corrected chi connectivity index (χ0v) is 26.6. The number of rotatable bonds is 12. The van der Waals surface area contributed by atoms with Crippen LogP contribution in [0.2, 0.25) is 0 Å². The molecule has 12 nitrogen and oxygen atoms in total. The third kappa shape index (κ3) is 8.87. The molecule has 1 unspecified atom stereocenters. The molecule has 0 radical (unpaired) electrons. The fraction of sp³-hybridized carbons (Fsp3) is 0.406. The Morgan fingerprint density at radius 2 is 1.87 bits per heavy atom. The number of aromatic nitrogens is 4. The van der Waals surface area contributed by atoms with Gasteiger partial charge in [0.25, 0.3) is 5.88 Å². The first-order chi connectivity index (χ1) is 22.4. The van der Waals surface area contributed by atoms with Crippen LogP contribution in [-0.2, 0) is 16.1 Å². The number of ether oxygens (including phenoxy) is 2. The summed E-state index contributed by atoms with van der Waals surface area (Å²) in [6, 6.07) is 7.14. The summed E-state index contributed by atoms with van der Waals surface area (Å²) in [5, 5.41) is 13.0. The number of nitrogens with one attached hydrogen (secondary N) is 3. The summed E-state index contributed by atoms with van der Waals surface area (Å²) in [4.78, 5) is 35.5. The van der Waals surface area contributed by atoms with Crippen LogP contribution in [0.25, 0.3) is 10.9 Å². The Morgan fingerprint density at radius 3 is 2.57 bits per heavy atom. The number of amides is 2. The summed E-state index contributed by atoms with van der Waals surface area (Å²) < 4.78 is 55.2. The molecule has 0 saturated carbocycles. The zero-order chi connectivity index (χ0) is 33.7. The molecule has 0 bridgehead atoms. The Hall–Kier alpha value is -4.92. The van der Waals surface area contributed by atoms with Crippen molar-refractivity contribution >= 4 is 39.9 Å². The van der Waals surface area contributed by atoms with E-state index >= 15 is 4.39 Å². The number of carbonyl (C=O) groups excluding carboxylic acids is 2. The van der Waals surface area contributed by atoms with Crippen LogP contribution in [0.1, 0.15) is 40.0 Å². The molecule has 4 aromatic rings. The molecular weight excluding hydrogens is 617 g/mol. The van der Waals surface area contributed by atoms with Gasteiger partial charge in [-0.2, -0.15) is 4.39 Å². The molecular formula is C32H37F3N8O4. The van der Waals surface area contributed by atoms with E-state index in [4.69, 9.17) is 9.47 Å². The number of hydrogen-bond donors (Lipinski definition) is 3. The molecule has 0 spiro atoms. The average molecular weight is 655 g/mol. The van der Waals surface area contributed by atoms with Gasteiger partial charge in [-0.05, 0) is 58.4 Å². The highest BCUT2D eigenvalue weighted by Crippen LogP contribution is 2.34. The van der Waals surface area contributed by atoms with Crippen LogP contribution in [-0.4, -0.2) is 74.9 Å². The SMILES string of the molecule is COc1cc2ncnc(Nc3ccc(Oc4nn(CC(=O)NC(C)(C)C)cc4F)cc3F)c2cc1NC(=O)CCCN1CCC(F)C1. The Labute approximate surface area is 269 Å². The summed E-state index contributed by atoms with van der Waals surface area (Å²) in [5.41, 5.74) is 0.445. The van der Waals surface area contributed by atoms with Gasteiger partial charge >= 0.3 is 0 Å². The van der Waals surface area contributed by atoms with E-state index in [0.29, 0.717) is 54.8 Å². The number of fused-ring (bicyclic) bond motifs is 1. The van der Waals surface area contributed by atoms with Crippen LogP contribution in [0.15, 0.2) is 42.9 Å². The maximum atomic E-state index is 15.2.